The van der Waals surface area contributed by atoms with Crippen LogP contribution < -0.4 is 5.32 Å². The van der Waals surface area contributed by atoms with Crippen LogP contribution in [-0.4, -0.2) is 39.7 Å². The average Bonchev–Trinajstić information content (AvgIpc) is 2.93. The number of likely N-dealkylation sites (N-methyl/N-ethyl adjacent to an activating group) is 1. The lowest BCUT2D eigenvalue weighted by Gasteiger charge is -2.13. The molecule has 0 unspecified atom stereocenters. The summed E-state index contributed by atoms with van der Waals surface area (Å²) in [6.45, 7) is 4.01. The van der Waals surface area contributed by atoms with Crippen molar-refractivity contribution < 1.29 is 9.18 Å². The molecule has 2 amide bonds. The van der Waals surface area contributed by atoms with E-state index in [2.05, 4.69) is 27.1 Å². The van der Waals surface area contributed by atoms with E-state index in [0.717, 1.165) is 0 Å². The first-order chi connectivity index (χ1) is 10.6. The molecule has 10 heteroatoms. The highest BCUT2D eigenvalue weighted by Gasteiger charge is 2.11. The maximum Gasteiger partial charge on any atom is 0.323 e. The summed E-state index contributed by atoms with van der Waals surface area (Å²) in [4.78, 5) is 17.0. The molecule has 0 fully saturated rings. The molecule has 23 heavy (non-hydrogen) atoms. The largest absolute Gasteiger partial charge is 0.324 e. The van der Waals surface area contributed by atoms with Crippen LogP contribution in [0.3, 0.4) is 0 Å². The summed E-state index contributed by atoms with van der Waals surface area (Å²) in [6.07, 6.45) is 1.63. The molecule has 0 aliphatic rings. The van der Waals surface area contributed by atoms with Crippen molar-refractivity contribution in [1.29, 1.82) is 0 Å². The van der Waals surface area contributed by atoms with Gasteiger partial charge < -0.3 is 4.90 Å². The first kappa shape index (κ1) is 19.3. The van der Waals surface area contributed by atoms with Gasteiger partial charge in [0.25, 0.3) is 0 Å². The normalized spacial score (nSPS) is 9.83. The molecule has 0 aromatic carbocycles. The molecule has 2 heterocycles. The number of urea groups is 1. The molecule has 0 aliphatic heterocycles. The van der Waals surface area contributed by atoms with Gasteiger partial charge in [-0.3, -0.25) is 5.32 Å². The molecule has 0 saturated heterocycles. The molecular weight excluding hydrogens is 361 g/mol. The smallest absolute Gasteiger partial charge is 0.323 e. The number of hydrogen-bond acceptors (Lipinski definition) is 6. The number of hydrogen-bond donors (Lipinski definition) is 1. The number of thioether (sulfide) groups is 1. The fraction of sp³-hybridized carbons (Fsp3) is 0.231. The van der Waals surface area contributed by atoms with Crippen LogP contribution in [0.5, 0.6) is 0 Å². The van der Waals surface area contributed by atoms with Crippen LogP contribution in [0.4, 0.5) is 14.3 Å². The van der Waals surface area contributed by atoms with Gasteiger partial charge in [0.05, 0.1) is 5.69 Å². The number of amides is 2. The van der Waals surface area contributed by atoms with E-state index in [1.807, 2.05) is 0 Å². The van der Waals surface area contributed by atoms with Gasteiger partial charge in [0.2, 0.25) is 11.1 Å². The molecule has 2 rings (SSSR count). The Labute approximate surface area is 147 Å². The molecule has 0 bridgehead atoms. The maximum absolute atomic E-state index is 13.0. The van der Waals surface area contributed by atoms with Crippen molar-refractivity contribution in [3.63, 3.8) is 0 Å². The number of anilines is 1. The summed E-state index contributed by atoms with van der Waals surface area (Å²) in [7, 11) is 1.66. The van der Waals surface area contributed by atoms with Crippen molar-refractivity contribution in [2.24, 2.45) is 0 Å². The zero-order valence-electron chi connectivity index (χ0n) is 12.2. The number of carbonyl (C=O) groups excluding carboxylic acids is 1. The summed E-state index contributed by atoms with van der Waals surface area (Å²) in [5.74, 6) is -0.0231. The van der Waals surface area contributed by atoms with Crippen LogP contribution in [0.15, 0.2) is 35.2 Å². The van der Waals surface area contributed by atoms with Gasteiger partial charge in [0.15, 0.2) is 4.34 Å². The van der Waals surface area contributed by atoms with Gasteiger partial charge in [-0.1, -0.05) is 35.2 Å². The lowest BCUT2D eigenvalue weighted by molar-refractivity contribution is 0.226. The minimum absolute atomic E-state index is 0. The molecule has 0 saturated carbocycles. The Morgan fingerprint density at radius 1 is 1.52 bits per heavy atom. The number of pyridine rings is 1. The van der Waals surface area contributed by atoms with E-state index in [1.54, 1.807) is 25.3 Å². The Bertz CT molecular complexity index is 669. The molecule has 124 valence electrons. The second-order valence-electron chi connectivity index (χ2n) is 4.21. The zero-order valence-corrected chi connectivity index (χ0v) is 14.7. The second-order valence-corrected chi connectivity index (χ2v) is 6.41. The van der Waals surface area contributed by atoms with Crippen molar-refractivity contribution in [3.8, 4) is 0 Å². The minimum atomic E-state index is -0.506. The van der Waals surface area contributed by atoms with Gasteiger partial charge in [0, 0.05) is 19.3 Å². The standard InChI is InChI=1S/C13H14FN5OS2.ClH/c1-3-7-19(2)12(20)16-11-17-18-13(22-11)21-8-9-5-4-6-10(14)15-9;/h3-6H,1,7-8H2,2H3,(H,16,17,20);1H. The molecule has 2 aromatic heterocycles. The Balaban J connectivity index is 0.00000264. The van der Waals surface area contributed by atoms with Crippen molar-refractivity contribution in [2.45, 2.75) is 10.1 Å². The highest BCUT2D eigenvalue weighted by Crippen LogP contribution is 2.27. The lowest BCUT2D eigenvalue weighted by atomic mass is 10.4. The average molecular weight is 376 g/mol. The van der Waals surface area contributed by atoms with E-state index in [4.69, 9.17) is 0 Å². The number of aromatic nitrogens is 3. The maximum atomic E-state index is 13.0. The lowest BCUT2D eigenvalue weighted by Crippen LogP contribution is -2.31. The van der Waals surface area contributed by atoms with E-state index >= 15 is 0 Å². The minimum Gasteiger partial charge on any atom is -0.324 e. The summed E-state index contributed by atoms with van der Waals surface area (Å²) in [6, 6.07) is 4.37. The van der Waals surface area contributed by atoms with E-state index in [-0.39, 0.29) is 18.4 Å². The van der Waals surface area contributed by atoms with Gasteiger partial charge in [-0.05, 0) is 12.1 Å². The molecule has 2 aromatic rings. The van der Waals surface area contributed by atoms with Gasteiger partial charge in [-0.25, -0.2) is 9.78 Å². The van der Waals surface area contributed by atoms with Crippen LogP contribution in [0.1, 0.15) is 5.69 Å². The van der Waals surface area contributed by atoms with E-state index in [0.29, 0.717) is 27.5 Å². The molecular formula is C13H15ClFN5OS2. The predicted molar refractivity (Wildman–Crippen MR) is 92.8 cm³/mol. The summed E-state index contributed by atoms with van der Waals surface area (Å²) in [5, 5.41) is 10.9. The summed E-state index contributed by atoms with van der Waals surface area (Å²) >= 11 is 2.64. The highest BCUT2D eigenvalue weighted by molar-refractivity contribution is 8.00. The molecule has 6 nitrogen and oxygen atoms in total. The number of carbonyl (C=O) groups is 1. The Morgan fingerprint density at radius 2 is 2.30 bits per heavy atom. The first-order valence-electron chi connectivity index (χ1n) is 6.29. The Hall–Kier alpha value is -1.71. The third-order valence-corrected chi connectivity index (χ3v) is 4.49. The number of nitrogens with zero attached hydrogens (tertiary/aromatic N) is 4. The van der Waals surface area contributed by atoms with Gasteiger partial charge in [-0.2, -0.15) is 4.39 Å². The van der Waals surface area contributed by atoms with Crippen molar-refractivity contribution in [1.82, 2.24) is 20.1 Å². The SMILES string of the molecule is C=CCN(C)C(=O)Nc1nnc(SCc2cccc(F)n2)s1.Cl. The Morgan fingerprint density at radius 3 is 3.00 bits per heavy atom. The van der Waals surface area contributed by atoms with Crippen molar-refractivity contribution in [2.75, 3.05) is 18.9 Å². The van der Waals surface area contributed by atoms with E-state index in [9.17, 15) is 9.18 Å². The summed E-state index contributed by atoms with van der Waals surface area (Å²) < 4.78 is 13.6. The van der Waals surface area contributed by atoms with Crippen LogP contribution in [0.25, 0.3) is 0 Å². The predicted octanol–water partition coefficient (Wildman–Crippen LogP) is 3.44. The van der Waals surface area contributed by atoms with Crippen LogP contribution >= 0.6 is 35.5 Å². The number of nitrogens with one attached hydrogen (secondary N) is 1. The number of halogens is 2. The van der Waals surface area contributed by atoms with Crippen molar-refractivity contribution in [3.05, 3.63) is 42.5 Å². The first-order valence-corrected chi connectivity index (χ1v) is 8.09. The van der Waals surface area contributed by atoms with Gasteiger partial charge in [-0.15, -0.1) is 29.2 Å². The molecule has 0 radical (unpaired) electrons. The van der Waals surface area contributed by atoms with E-state index < -0.39 is 5.95 Å². The zero-order chi connectivity index (χ0) is 15.9. The molecule has 1 N–H and O–H groups in total. The monoisotopic (exact) mass is 375 g/mol. The van der Waals surface area contributed by atoms with Crippen LogP contribution in [0, 0.1) is 5.95 Å². The molecule has 0 spiro atoms. The molecule has 0 atom stereocenters. The molecule has 0 aliphatic carbocycles. The van der Waals surface area contributed by atoms with Crippen LogP contribution in [0.2, 0.25) is 0 Å². The third kappa shape index (κ3) is 6.12. The van der Waals surface area contributed by atoms with Crippen LogP contribution in [-0.2, 0) is 5.75 Å². The fourth-order valence-corrected chi connectivity index (χ4v) is 3.10. The van der Waals surface area contributed by atoms with E-state index in [1.165, 1.54) is 34.1 Å². The number of rotatable bonds is 6. The third-order valence-electron chi connectivity index (χ3n) is 2.49. The quantitative estimate of drug-likeness (QED) is 0.362. The van der Waals surface area contributed by atoms with Gasteiger partial charge >= 0.3 is 6.03 Å². The topological polar surface area (TPSA) is 71.0 Å². The van der Waals surface area contributed by atoms with Gasteiger partial charge in [0.1, 0.15) is 0 Å². The Kier molecular flexibility index (Phi) is 7.93. The fourth-order valence-electron chi connectivity index (χ4n) is 1.45. The van der Waals surface area contributed by atoms with Crippen molar-refractivity contribution >= 4 is 46.7 Å². The second kappa shape index (κ2) is 9.43. The summed E-state index contributed by atoms with van der Waals surface area (Å²) in [5.41, 5.74) is 0.622. The highest BCUT2D eigenvalue weighted by atomic mass is 35.5.